The van der Waals surface area contributed by atoms with Gasteiger partial charge in [-0.15, -0.1) is 0 Å². The van der Waals surface area contributed by atoms with Crippen molar-refractivity contribution in [2.45, 2.75) is 277 Å². The normalized spacial score (nSPS) is 15.0. The fourth-order valence-corrected chi connectivity index (χ4v) is 11.1. The van der Waals surface area contributed by atoms with Gasteiger partial charge in [-0.2, -0.15) is 0 Å². The molecule has 0 radical (unpaired) electrons. The SMILES string of the molecule is CC/C=C\C/C=C\C/C=C\C/C=C\C/C=C\CCCC(=O)OCC(COP(=O)(O)OCC(O)COP(=O)(O)OCC(COC(=O)CCCCCCCC/C=C\C/C=C\C/C=C\CCCCC)OC(=O)CCC/C=C\C/C=C\C/C=C\C/C=C\C/C=C\CC)OC(=O)C/C=C\C/C=C\C/C=C\C/C=C\C/C=C\CC. The molecular formula is C89H138O17P2. The number of carbonyl (C=O) groups excluding carboxylic acids is 4. The summed E-state index contributed by atoms with van der Waals surface area (Å²) >= 11 is 0. The van der Waals surface area contributed by atoms with Crippen molar-refractivity contribution >= 4 is 39.5 Å². The number of phosphoric ester groups is 2. The summed E-state index contributed by atoms with van der Waals surface area (Å²) in [7, 11) is -10.1. The topological polar surface area (TPSA) is 237 Å². The number of aliphatic hydroxyl groups excluding tert-OH is 1. The highest BCUT2D eigenvalue weighted by molar-refractivity contribution is 7.47. The van der Waals surface area contributed by atoms with Crippen molar-refractivity contribution in [3.8, 4) is 0 Å². The van der Waals surface area contributed by atoms with Crippen LogP contribution in [0, 0.1) is 0 Å². The van der Waals surface area contributed by atoms with Crippen molar-refractivity contribution in [2.24, 2.45) is 0 Å². The minimum atomic E-state index is -5.03. The molecule has 0 rings (SSSR count). The number of ether oxygens (including phenoxy) is 4. The summed E-state index contributed by atoms with van der Waals surface area (Å²) in [6.07, 6.45) is 99.7. The number of aliphatic hydroxyl groups is 1. The minimum absolute atomic E-state index is 0.000192. The summed E-state index contributed by atoms with van der Waals surface area (Å²) in [5.41, 5.74) is 0. The van der Waals surface area contributed by atoms with Gasteiger partial charge < -0.3 is 33.8 Å². The van der Waals surface area contributed by atoms with Gasteiger partial charge >= 0.3 is 39.5 Å². The Morgan fingerprint density at radius 2 is 0.528 bits per heavy atom. The molecule has 3 N–H and O–H groups in total. The Morgan fingerprint density at radius 3 is 0.861 bits per heavy atom. The maximum atomic E-state index is 13.1. The summed E-state index contributed by atoms with van der Waals surface area (Å²) < 4.78 is 68.4. The average molecular weight is 1540 g/mol. The van der Waals surface area contributed by atoms with E-state index in [1.54, 1.807) is 12.2 Å². The van der Waals surface area contributed by atoms with E-state index in [1.807, 2.05) is 36.5 Å². The van der Waals surface area contributed by atoms with Crippen LogP contribution in [0.1, 0.15) is 259 Å². The van der Waals surface area contributed by atoms with Crippen LogP contribution in [0.15, 0.2) is 219 Å². The number of hydrogen-bond donors (Lipinski definition) is 3. The molecule has 5 unspecified atom stereocenters. The van der Waals surface area contributed by atoms with Crippen molar-refractivity contribution in [3.63, 3.8) is 0 Å². The lowest BCUT2D eigenvalue weighted by Gasteiger charge is -2.21. The minimum Gasteiger partial charge on any atom is -0.462 e. The third kappa shape index (κ3) is 77.5. The van der Waals surface area contributed by atoms with Gasteiger partial charge in [-0.05, 0) is 167 Å². The number of esters is 4. The molecule has 5 atom stereocenters. The maximum Gasteiger partial charge on any atom is 0.472 e. The summed E-state index contributed by atoms with van der Waals surface area (Å²) in [5.74, 6) is -2.50. The van der Waals surface area contributed by atoms with Crippen LogP contribution < -0.4 is 0 Å². The number of rotatable bonds is 72. The molecule has 0 aliphatic heterocycles. The number of allylic oxidation sites excluding steroid dienone is 35. The molecular weight excluding hydrogens is 1400 g/mol. The van der Waals surface area contributed by atoms with Crippen molar-refractivity contribution in [1.29, 1.82) is 0 Å². The van der Waals surface area contributed by atoms with Crippen molar-refractivity contribution in [1.82, 2.24) is 0 Å². The summed E-state index contributed by atoms with van der Waals surface area (Å²) in [6, 6.07) is 0. The molecule has 0 saturated heterocycles. The zero-order chi connectivity index (χ0) is 78.9. The van der Waals surface area contributed by atoms with E-state index in [0.29, 0.717) is 38.5 Å². The van der Waals surface area contributed by atoms with E-state index in [-0.39, 0.29) is 25.7 Å². The molecule has 0 spiro atoms. The van der Waals surface area contributed by atoms with Gasteiger partial charge in [0.1, 0.15) is 19.3 Å². The fraction of sp³-hybridized carbons (Fsp3) is 0.551. The summed E-state index contributed by atoms with van der Waals surface area (Å²) in [6.45, 7) is 4.20. The van der Waals surface area contributed by atoms with Gasteiger partial charge in [-0.3, -0.25) is 37.3 Å². The smallest absolute Gasteiger partial charge is 0.462 e. The number of unbranched alkanes of at least 4 members (excludes halogenated alkanes) is 11. The fourth-order valence-electron chi connectivity index (χ4n) is 9.49. The molecule has 0 fully saturated rings. The Balaban J connectivity index is 5.57. The number of carbonyl (C=O) groups is 4. The molecule has 0 amide bonds. The lowest BCUT2D eigenvalue weighted by Crippen LogP contribution is -2.30. The van der Waals surface area contributed by atoms with Crippen LogP contribution >= 0.6 is 15.6 Å². The van der Waals surface area contributed by atoms with E-state index in [2.05, 4.69) is 198 Å². The monoisotopic (exact) mass is 1540 g/mol. The molecule has 0 aliphatic rings. The van der Waals surface area contributed by atoms with E-state index in [1.165, 1.54) is 19.3 Å². The molecule has 0 saturated carbocycles. The van der Waals surface area contributed by atoms with Gasteiger partial charge in [0.25, 0.3) is 0 Å². The third-order valence-electron chi connectivity index (χ3n) is 15.4. The van der Waals surface area contributed by atoms with Gasteiger partial charge in [-0.1, -0.05) is 285 Å². The van der Waals surface area contributed by atoms with Gasteiger partial charge in [0.05, 0.1) is 32.8 Å². The van der Waals surface area contributed by atoms with Crippen LogP contribution in [0.5, 0.6) is 0 Å². The highest BCUT2D eigenvalue weighted by Crippen LogP contribution is 2.45. The van der Waals surface area contributed by atoms with Crippen LogP contribution in [0.3, 0.4) is 0 Å². The summed E-state index contributed by atoms with van der Waals surface area (Å²) in [5, 5.41) is 10.6. The van der Waals surface area contributed by atoms with Crippen molar-refractivity contribution in [2.75, 3.05) is 39.6 Å². The molecule has 19 heteroatoms. The van der Waals surface area contributed by atoms with Crippen LogP contribution in [0.4, 0.5) is 0 Å². The van der Waals surface area contributed by atoms with E-state index in [4.69, 9.17) is 37.0 Å². The van der Waals surface area contributed by atoms with Crippen LogP contribution in [-0.4, -0.2) is 96.7 Å². The lowest BCUT2D eigenvalue weighted by atomic mass is 10.1. The Kier molecular flexibility index (Phi) is 73.7. The molecule has 0 aromatic carbocycles. The third-order valence-corrected chi connectivity index (χ3v) is 17.3. The first-order valence-electron chi connectivity index (χ1n) is 40.0. The second-order valence-corrected chi connectivity index (χ2v) is 28.4. The van der Waals surface area contributed by atoms with E-state index in [9.17, 15) is 43.2 Å². The summed E-state index contributed by atoms with van der Waals surface area (Å²) in [4.78, 5) is 73.0. The predicted molar refractivity (Wildman–Crippen MR) is 445 cm³/mol. The molecule has 0 aromatic rings. The molecule has 606 valence electrons. The molecule has 108 heavy (non-hydrogen) atoms. The standard InChI is InChI=1S/C89H138O17P2/c1-5-9-13-17-21-25-29-33-37-40-41-44-47-50-54-58-62-66-70-74-87(92)100-80-85(106-89(94)76-72-68-64-60-56-52-48-43-39-35-31-27-23-19-15-11-7-3)82-104-108(97,98)102-78-83(90)77-101-107(95,96)103-81-84(105-88(93)75-71-67-63-59-55-51-45-36-32-28-24-20-16-12-8-4)79-99-86(91)73-69-65-61-57-53-49-46-42-38-34-30-26-22-18-14-10-6-2/h10-12,14-16,21-28,33-39,41,44-46,48-49,52,55,57,59-61,64,67,71,83-85,90H,5-9,13,17-20,29-32,40,42-43,47,50-51,53-54,56,58,62-63,65-66,68-70,72-82H2,1-4H3,(H,95,96)(H,97,98)/b14-10-,15-11-,16-12-,25-21-,26-22-,27-23-,28-24-,37-33-,38-34-,39-35-,44-41-,45-36-,49-46-,52-48-,59-55-,61-57-,64-60-,71-67-. The van der Waals surface area contributed by atoms with Crippen LogP contribution in [-0.2, 0) is 65.4 Å². The zero-order valence-electron chi connectivity index (χ0n) is 66.2. The first-order valence-corrected chi connectivity index (χ1v) is 43.0. The van der Waals surface area contributed by atoms with Crippen molar-refractivity contribution in [3.05, 3.63) is 219 Å². The van der Waals surface area contributed by atoms with Gasteiger partial charge in [-0.25, -0.2) is 9.13 Å². The van der Waals surface area contributed by atoms with Gasteiger partial charge in [0.15, 0.2) is 12.2 Å². The van der Waals surface area contributed by atoms with Crippen LogP contribution in [0.2, 0.25) is 0 Å². The quantitative estimate of drug-likeness (QED) is 0.0169. The van der Waals surface area contributed by atoms with E-state index in [0.717, 1.165) is 148 Å². The molecule has 0 aromatic heterocycles. The average Bonchev–Trinajstić information content (AvgIpc) is 0.906. The van der Waals surface area contributed by atoms with Crippen molar-refractivity contribution < 1.29 is 80.2 Å². The van der Waals surface area contributed by atoms with Crippen LogP contribution in [0.25, 0.3) is 0 Å². The highest BCUT2D eigenvalue weighted by Gasteiger charge is 2.30. The van der Waals surface area contributed by atoms with E-state index < -0.39 is 97.5 Å². The Bertz CT molecular complexity index is 2910. The van der Waals surface area contributed by atoms with Gasteiger partial charge in [0, 0.05) is 19.3 Å². The first-order chi connectivity index (χ1) is 52.7. The molecule has 0 aliphatic carbocycles. The van der Waals surface area contributed by atoms with E-state index >= 15 is 0 Å². The van der Waals surface area contributed by atoms with Gasteiger partial charge in [0.2, 0.25) is 0 Å². The predicted octanol–water partition coefficient (Wildman–Crippen LogP) is 23.7. The number of phosphoric acid groups is 2. The second kappa shape index (κ2) is 78.5. The Labute approximate surface area is 651 Å². The largest absolute Gasteiger partial charge is 0.472 e. The number of hydrogen-bond acceptors (Lipinski definition) is 15. The molecule has 0 heterocycles. The zero-order valence-corrected chi connectivity index (χ0v) is 68.0. The first kappa shape index (κ1) is 101. The Morgan fingerprint density at radius 1 is 0.278 bits per heavy atom. The highest BCUT2D eigenvalue weighted by atomic mass is 31.2. The lowest BCUT2D eigenvalue weighted by molar-refractivity contribution is -0.161. The Hall–Kier alpha value is -6.62. The molecule has 0 bridgehead atoms. The maximum absolute atomic E-state index is 13.1. The molecule has 17 nitrogen and oxygen atoms in total. The second-order valence-electron chi connectivity index (χ2n) is 25.5.